The average molecular weight is 434 g/mol. The highest BCUT2D eigenvalue weighted by molar-refractivity contribution is 5.26. The highest BCUT2D eigenvalue weighted by Gasteiger charge is 2.51. The number of fused-ring (bicyclic) bond motifs is 3. The van der Waals surface area contributed by atoms with E-state index in [1.807, 2.05) is 0 Å². The van der Waals surface area contributed by atoms with Gasteiger partial charge in [-0.25, -0.2) is 0 Å². The summed E-state index contributed by atoms with van der Waals surface area (Å²) < 4.78 is 0. The summed E-state index contributed by atoms with van der Waals surface area (Å²) in [6, 6.07) is 12.4. The lowest BCUT2D eigenvalue weighted by Crippen LogP contribution is -2.45. The van der Waals surface area contributed by atoms with Gasteiger partial charge in [-0.05, 0) is 124 Å². The van der Waals surface area contributed by atoms with Crippen molar-refractivity contribution in [1.29, 1.82) is 5.26 Å². The molecule has 2 bridgehead atoms. The van der Waals surface area contributed by atoms with E-state index in [0.29, 0.717) is 16.7 Å². The van der Waals surface area contributed by atoms with Crippen molar-refractivity contribution >= 4 is 0 Å². The zero-order chi connectivity index (χ0) is 22.4. The van der Waals surface area contributed by atoms with Crippen molar-refractivity contribution in [2.45, 2.75) is 129 Å². The van der Waals surface area contributed by atoms with Crippen molar-refractivity contribution in [3.05, 3.63) is 35.4 Å². The molecule has 1 aromatic carbocycles. The van der Waals surface area contributed by atoms with Gasteiger partial charge in [0.1, 0.15) is 0 Å². The van der Waals surface area contributed by atoms with Crippen LogP contribution in [0, 0.1) is 34.0 Å². The van der Waals surface area contributed by atoms with Gasteiger partial charge in [0, 0.05) is 0 Å². The van der Waals surface area contributed by atoms with Crippen LogP contribution in [0.25, 0.3) is 0 Å². The quantitative estimate of drug-likeness (QED) is 0.337. The van der Waals surface area contributed by atoms with Crippen LogP contribution in [0.1, 0.15) is 134 Å². The molecule has 1 heteroatoms. The molecule has 0 saturated heterocycles. The van der Waals surface area contributed by atoms with Crippen molar-refractivity contribution in [2.24, 2.45) is 22.7 Å². The number of rotatable bonds is 10. The molecule has 4 fully saturated rings. The minimum Gasteiger partial charge on any atom is -0.198 e. The van der Waals surface area contributed by atoms with Gasteiger partial charge in [0.05, 0.1) is 12.0 Å². The van der Waals surface area contributed by atoms with Gasteiger partial charge in [-0.1, -0.05) is 57.4 Å². The summed E-state index contributed by atoms with van der Waals surface area (Å²) in [6.07, 6.45) is 22.7. The Bertz CT molecular complexity index is 721. The first kappa shape index (κ1) is 23.9. The van der Waals surface area contributed by atoms with Crippen molar-refractivity contribution < 1.29 is 0 Å². The average Bonchev–Trinajstić information content (AvgIpc) is 2.85. The third-order valence-corrected chi connectivity index (χ3v) is 10.1. The second-order valence-corrected chi connectivity index (χ2v) is 11.9. The predicted octanol–water partition coefficient (Wildman–Crippen LogP) is 9.36. The molecule has 0 amide bonds. The fourth-order valence-electron chi connectivity index (χ4n) is 7.76. The summed E-state index contributed by atoms with van der Waals surface area (Å²) >= 11 is 0. The van der Waals surface area contributed by atoms with E-state index in [4.69, 9.17) is 0 Å². The monoisotopic (exact) mass is 433 g/mol. The normalized spacial score (nSPS) is 33.0. The molecule has 0 aromatic heterocycles. The molecule has 0 N–H and O–H groups in total. The lowest BCUT2D eigenvalue weighted by Gasteiger charge is -2.56. The van der Waals surface area contributed by atoms with Gasteiger partial charge in [-0.3, -0.25) is 0 Å². The summed E-state index contributed by atoms with van der Waals surface area (Å²) in [5, 5.41) is 10.2. The van der Waals surface area contributed by atoms with Gasteiger partial charge in [0.15, 0.2) is 0 Å². The maximum Gasteiger partial charge on any atom is 0.0661 e. The maximum absolute atomic E-state index is 10.2. The molecule has 1 unspecified atom stereocenters. The van der Waals surface area contributed by atoms with Crippen molar-refractivity contribution in [3.8, 4) is 6.07 Å². The zero-order valence-corrected chi connectivity index (χ0v) is 21.0. The van der Waals surface area contributed by atoms with Crippen LogP contribution in [0.4, 0.5) is 0 Å². The Morgan fingerprint density at radius 1 is 0.875 bits per heavy atom. The number of benzene rings is 1. The topological polar surface area (TPSA) is 23.8 Å². The van der Waals surface area contributed by atoms with Gasteiger partial charge in [0.25, 0.3) is 0 Å². The fourth-order valence-corrected chi connectivity index (χ4v) is 7.76. The first-order chi connectivity index (χ1) is 15.6. The second kappa shape index (κ2) is 10.8. The molecular formula is C31H47N. The number of unbranched alkanes of at least 4 members (excludes halogenated alkanes) is 2. The van der Waals surface area contributed by atoms with Crippen LogP contribution in [0.2, 0.25) is 0 Å². The maximum atomic E-state index is 10.2. The molecule has 4 saturated carbocycles. The van der Waals surface area contributed by atoms with Crippen LogP contribution in [0.5, 0.6) is 0 Å². The van der Waals surface area contributed by atoms with Gasteiger partial charge < -0.3 is 0 Å². The molecule has 0 spiro atoms. The zero-order valence-electron chi connectivity index (χ0n) is 21.0. The van der Waals surface area contributed by atoms with Crippen LogP contribution in [0.3, 0.4) is 0 Å². The van der Waals surface area contributed by atoms with Gasteiger partial charge in [-0.15, -0.1) is 0 Å². The Morgan fingerprint density at radius 2 is 1.53 bits per heavy atom. The highest BCUT2D eigenvalue weighted by Crippen LogP contribution is 2.62. The number of nitrogens with zero attached hydrogens (tertiary/aromatic N) is 1. The fraction of sp³-hybridized carbons (Fsp3) is 0.774. The first-order valence-corrected chi connectivity index (χ1v) is 14.1. The summed E-state index contributed by atoms with van der Waals surface area (Å²) in [4.78, 5) is 0. The Hall–Kier alpha value is -1.29. The van der Waals surface area contributed by atoms with Crippen LogP contribution < -0.4 is 0 Å². The highest BCUT2D eigenvalue weighted by atomic mass is 14.6. The summed E-state index contributed by atoms with van der Waals surface area (Å²) in [5.41, 5.74) is 4.09. The molecule has 1 atom stereocenters. The smallest absolute Gasteiger partial charge is 0.0661 e. The van der Waals surface area contributed by atoms with Crippen LogP contribution in [0.15, 0.2) is 24.3 Å². The molecule has 0 aliphatic heterocycles. The van der Waals surface area contributed by atoms with Gasteiger partial charge in [0.2, 0.25) is 0 Å². The largest absolute Gasteiger partial charge is 0.198 e. The SMILES string of the molecule is CCCCCc1ccc([C@H]2CC[C@H](CC(C#N)C34CCC(CCC)(CC3)CC4)CC2)cc1. The number of hydrogen-bond acceptors (Lipinski definition) is 1. The van der Waals surface area contributed by atoms with E-state index in [1.54, 1.807) is 5.56 Å². The molecule has 32 heavy (non-hydrogen) atoms. The van der Waals surface area contributed by atoms with E-state index >= 15 is 0 Å². The summed E-state index contributed by atoms with van der Waals surface area (Å²) in [5.74, 6) is 1.84. The molecule has 1 aromatic rings. The Labute approximate surface area is 198 Å². The van der Waals surface area contributed by atoms with E-state index in [9.17, 15) is 5.26 Å². The molecule has 1 nitrogen and oxygen atoms in total. The van der Waals surface area contributed by atoms with E-state index in [2.05, 4.69) is 44.2 Å². The van der Waals surface area contributed by atoms with Crippen molar-refractivity contribution in [2.75, 3.05) is 0 Å². The van der Waals surface area contributed by atoms with Crippen LogP contribution in [-0.4, -0.2) is 0 Å². The molecule has 0 heterocycles. The molecule has 0 radical (unpaired) electrons. The molecule has 176 valence electrons. The van der Waals surface area contributed by atoms with Crippen LogP contribution in [-0.2, 0) is 6.42 Å². The summed E-state index contributed by atoms with van der Waals surface area (Å²) in [6.45, 7) is 4.63. The summed E-state index contributed by atoms with van der Waals surface area (Å²) in [7, 11) is 0. The van der Waals surface area contributed by atoms with Crippen LogP contribution >= 0.6 is 0 Å². The predicted molar refractivity (Wildman–Crippen MR) is 136 cm³/mol. The molecule has 4 aliphatic rings. The van der Waals surface area contributed by atoms with Gasteiger partial charge in [-0.2, -0.15) is 5.26 Å². The second-order valence-electron chi connectivity index (χ2n) is 11.9. The number of aryl methyl sites for hydroxylation is 1. The van der Waals surface area contributed by atoms with E-state index in [-0.39, 0.29) is 0 Å². The Balaban J connectivity index is 1.27. The number of hydrogen-bond donors (Lipinski definition) is 0. The van der Waals surface area contributed by atoms with E-state index in [1.165, 1.54) is 115 Å². The van der Waals surface area contributed by atoms with E-state index < -0.39 is 0 Å². The molecular weight excluding hydrogens is 386 g/mol. The molecule has 4 aliphatic carbocycles. The Morgan fingerprint density at radius 3 is 2.09 bits per heavy atom. The minimum atomic E-state index is 0.311. The minimum absolute atomic E-state index is 0.311. The Kier molecular flexibility index (Phi) is 8.02. The van der Waals surface area contributed by atoms with Gasteiger partial charge >= 0.3 is 0 Å². The van der Waals surface area contributed by atoms with E-state index in [0.717, 1.165) is 11.8 Å². The standard InChI is InChI=1S/C31H47N/c1-3-5-6-7-25-8-12-27(13-9-25)28-14-10-26(11-15-28)23-29(24-32)31-20-17-30(16-4-2,18-21-31)19-22-31/h8-9,12-13,26,28-29H,3-7,10-11,14-23H2,1-2H3/t26-,28-,29?,30?,31?. The third-order valence-electron chi connectivity index (χ3n) is 10.1. The van der Waals surface area contributed by atoms with Crippen molar-refractivity contribution in [3.63, 3.8) is 0 Å². The number of nitriles is 1. The first-order valence-electron chi connectivity index (χ1n) is 14.1. The van der Waals surface area contributed by atoms with Crippen molar-refractivity contribution in [1.82, 2.24) is 0 Å². The molecule has 5 rings (SSSR count). The lowest BCUT2D eigenvalue weighted by atomic mass is 9.48. The lowest BCUT2D eigenvalue weighted by molar-refractivity contribution is -0.0442. The third kappa shape index (κ3) is 5.26.